The van der Waals surface area contributed by atoms with Crippen molar-refractivity contribution in [3.8, 4) is 0 Å². The molecule has 2 N–H and O–H groups in total. The average Bonchev–Trinajstić information content (AvgIpc) is 2.57. The number of pyridine rings is 1. The number of rotatable bonds is 9. The largest absolute Gasteiger partial charge is 0.465 e. The summed E-state index contributed by atoms with van der Waals surface area (Å²) < 4.78 is 4.75. The highest BCUT2D eigenvalue weighted by molar-refractivity contribution is 7.98. The van der Waals surface area contributed by atoms with E-state index in [1.54, 1.807) is 37.0 Å². The third kappa shape index (κ3) is 7.14. The Morgan fingerprint density at radius 3 is 2.78 bits per heavy atom. The van der Waals surface area contributed by atoms with Crippen molar-refractivity contribution in [2.24, 2.45) is 0 Å². The van der Waals surface area contributed by atoms with E-state index in [9.17, 15) is 14.4 Å². The van der Waals surface area contributed by atoms with Crippen molar-refractivity contribution in [3.63, 3.8) is 0 Å². The minimum absolute atomic E-state index is 0.217. The molecule has 0 aromatic carbocycles. The van der Waals surface area contributed by atoms with E-state index in [1.807, 2.05) is 6.26 Å². The van der Waals surface area contributed by atoms with Crippen LogP contribution in [0.3, 0.4) is 0 Å². The first-order valence-corrected chi connectivity index (χ1v) is 8.61. The summed E-state index contributed by atoms with van der Waals surface area (Å²) in [4.78, 5) is 39.5. The Labute approximate surface area is 139 Å². The maximum atomic E-state index is 12.2. The number of hydrogen-bond acceptors (Lipinski definition) is 6. The molecule has 0 spiro atoms. The summed E-state index contributed by atoms with van der Waals surface area (Å²) in [5, 5.41) is 5.15. The number of carbonyl (C=O) groups excluding carboxylic acids is 3. The molecule has 1 aromatic rings. The topological polar surface area (TPSA) is 97.4 Å². The summed E-state index contributed by atoms with van der Waals surface area (Å²) in [6.45, 7) is 1.72. The van der Waals surface area contributed by atoms with Crippen LogP contribution in [0.2, 0.25) is 0 Å². The summed E-state index contributed by atoms with van der Waals surface area (Å²) >= 11 is 1.57. The second-order valence-corrected chi connectivity index (χ2v) is 5.56. The van der Waals surface area contributed by atoms with Crippen molar-refractivity contribution >= 4 is 29.5 Å². The summed E-state index contributed by atoms with van der Waals surface area (Å²) in [6, 6.07) is 2.54. The van der Waals surface area contributed by atoms with Crippen LogP contribution in [0.5, 0.6) is 0 Å². The van der Waals surface area contributed by atoms with E-state index in [1.165, 1.54) is 6.20 Å². The fraction of sp³-hybridized carbons (Fsp3) is 0.467. The van der Waals surface area contributed by atoms with Gasteiger partial charge >= 0.3 is 5.97 Å². The standard InChI is InChI=1S/C15H21N3O4S/c1-3-22-13(19)10-17-15(21)12(6-8-23-2)18-14(20)11-5-4-7-16-9-11/h4-5,7,9,12H,3,6,8,10H2,1-2H3,(H,17,21)(H,18,20). The van der Waals surface area contributed by atoms with Gasteiger partial charge < -0.3 is 15.4 Å². The molecule has 1 heterocycles. The molecule has 0 aliphatic rings. The van der Waals surface area contributed by atoms with Gasteiger partial charge in [-0.25, -0.2) is 0 Å². The number of ether oxygens (including phenoxy) is 1. The van der Waals surface area contributed by atoms with Crippen molar-refractivity contribution < 1.29 is 19.1 Å². The molecule has 7 nitrogen and oxygen atoms in total. The van der Waals surface area contributed by atoms with Crippen LogP contribution in [0.25, 0.3) is 0 Å². The number of carbonyl (C=O) groups is 3. The quantitative estimate of drug-likeness (QED) is 0.640. The van der Waals surface area contributed by atoms with Gasteiger partial charge in [-0.1, -0.05) is 0 Å². The maximum absolute atomic E-state index is 12.2. The number of thioether (sulfide) groups is 1. The number of nitrogens with zero attached hydrogens (tertiary/aromatic N) is 1. The second kappa shape index (κ2) is 10.6. The molecule has 1 atom stereocenters. The van der Waals surface area contributed by atoms with Crippen LogP contribution in [0.15, 0.2) is 24.5 Å². The first-order valence-electron chi connectivity index (χ1n) is 7.21. The van der Waals surface area contributed by atoms with Gasteiger partial charge in [0.15, 0.2) is 0 Å². The predicted octanol–water partition coefficient (Wildman–Crippen LogP) is 0.612. The molecule has 0 aliphatic carbocycles. The smallest absolute Gasteiger partial charge is 0.325 e. The Morgan fingerprint density at radius 2 is 2.17 bits per heavy atom. The minimum atomic E-state index is -0.718. The van der Waals surface area contributed by atoms with Gasteiger partial charge in [-0.15, -0.1) is 0 Å². The van der Waals surface area contributed by atoms with Crippen LogP contribution < -0.4 is 10.6 Å². The summed E-state index contributed by atoms with van der Waals surface area (Å²) in [6.07, 6.45) is 5.36. The normalized spacial score (nSPS) is 11.4. The highest BCUT2D eigenvalue weighted by atomic mass is 32.2. The summed E-state index contributed by atoms with van der Waals surface area (Å²) in [7, 11) is 0. The lowest BCUT2D eigenvalue weighted by Crippen LogP contribution is -2.48. The van der Waals surface area contributed by atoms with E-state index in [-0.39, 0.29) is 19.1 Å². The van der Waals surface area contributed by atoms with Gasteiger partial charge in [0.1, 0.15) is 12.6 Å². The number of aromatic nitrogens is 1. The third-order valence-corrected chi connectivity index (χ3v) is 3.51. The van der Waals surface area contributed by atoms with Crippen LogP contribution in [-0.4, -0.2) is 54.0 Å². The molecular weight excluding hydrogens is 318 g/mol. The molecule has 8 heteroatoms. The fourth-order valence-corrected chi connectivity index (χ4v) is 2.21. The Balaban J connectivity index is 2.62. The van der Waals surface area contributed by atoms with Crippen LogP contribution in [0.1, 0.15) is 23.7 Å². The molecule has 2 amide bonds. The molecular formula is C15H21N3O4S. The van der Waals surface area contributed by atoms with E-state index in [0.29, 0.717) is 17.7 Å². The van der Waals surface area contributed by atoms with Crippen LogP contribution in [-0.2, 0) is 14.3 Å². The minimum Gasteiger partial charge on any atom is -0.465 e. The van der Waals surface area contributed by atoms with Crippen molar-refractivity contribution in [2.45, 2.75) is 19.4 Å². The van der Waals surface area contributed by atoms with Gasteiger partial charge in [-0.05, 0) is 37.5 Å². The Hall–Kier alpha value is -2.09. The van der Waals surface area contributed by atoms with Gasteiger partial charge in [0.2, 0.25) is 5.91 Å². The van der Waals surface area contributed by atoms with Crippen LogP contribution in [0, 0.1) is 0 Å². The zero-order valence-electron chi connectivity index (χ0n) is 13.2. The molecule has 1 unspecified atom stereocenters. The van der Waals surface area contributed by atoms with Crippen LogP contribution in [0.4, 0.5) is 0 Å². The lowest BCUT2D eigenvalue weighted by molar-refractivity contribution is -0.143. The number of nitrogens with one attached hydrogen (secondary N) is 2. The third-order valence-electron chi connectivity index (χ3n) is 2.87. The Bertz CT molecular complexity index is 525. The molecule has 0 radical (unpaired) electrons. The highest BCUT2D eigenvalue weighted by Crippen LogP contribution is 2.03. The van der Waals surface area contributed by atoms with Gasteiger partial charge in [0, 0.05) is 12.4 Å². The molecule has 23 heavy (non-hydrogen) atoms. The predicted molar refractivity (Wildman–Crippen MR) is 88.1 cm³/mol. The van der Waals surface area contributed by atoms with Crippen molar-refractivity contribution in [1.29, 1.82) is 0 Å². The Kier molecular flexibility index (Phi) is 8.74. The van der Waals surface area contributed by atoms with Gasteiger partial charge in [-0.2, -0.15) is 11.8 Å². The van der Waals surface area contributed by atoms with E-state index < -0.39 is 17.9 Å². The molecule has 0 bridgehead atoms. The lowest BCUT2D eigenvalue weighted by atomic mass is 10.2. The van der Waals surface area contributed by atoms with Crippen LogP contribution >= 0.6 is 11.8 Å². The molecule has 0 saturated heterocycles. The number of esters is 1. The average molecular weight is 339 g/mol. The Morgan fingerprint density at radius 1 is 1.39 bits per heavy atom. The monoisotopic (exact) mass is 339 g/mol. The molecule has 126 valence electrons. The van der Waals surface area contributed by atoms with Crippen molar-refractivity contribution in [1.82, 2.24) is 15.6 Å². The van der Waals surface area contributed by atoms with E-state index in [4.69, 9.17) is 4.74 Å². The fourth-order valence-electron chi connectivity index (χ4n) is 1.74. The molecule has 1 aromatic heterocycles. The van der Waals surface area contributed by atoms with E-state index in [2.05, 4.69) is 15.6 Å². The zero-order valence-corrected chi connectivity index (χ0v) is 14.0. The molecule has 0 saturated carbocycles. The second-order valence-electron chi connectivity index (χ2n) is 4.57. The highest BCUT2D eigenvalue weighted by Gasteiger charge is 2.21. The van der Waals surface area contributed by atoms with Gasteiger partial charge in [0.05, 0.1) is 12.2 Å². The summed E-state index contributed by atoms with van der Waals surface area (Å²) in [5.41, 5.74) is 0.375. The summed E-state index contributed by atoms with van der Waals surface area (Å²) in [5.74, 6) is -0.604. The first kappa shape index (κ1) is 19.0. The van der Waals surface area contributed by atoms with Crippen molar-refractivity contribution in [2.75, 3.05) is 25.2 Å². The zero-order chi connectivity index (χ0) is 17.1. The molecule has 0 aliphatic heterocycles. The lowest BCUT2D eigenvalue weighted by Gasteiger charge is -2.18. The van der Waals surface area contributed by atoms with Gasteiger partial charge in [0.25, 0.3) is 5.91 Å². The molecule has 1 rings (SSSR count). The SMILES string of the molecule is CCOC(=O)CNC(=O)C(CCSC)NC(=O)c1cccnc1. The van der Waals surface area contributed by atoms with E-state index >= 15 is 0 Å². The number of hydrogen-bond donors (Lipinski definition) is 2. The maximum Gasteiger partial charge on any atom is 0.325 e. The van der Waals surface area contributed by atoms with Crippen molar-refractivity contribution in [3.05, 3.63) is 30.1 Å². The molecule has 0 fully saturated rings. The number of amides is 2. The van der Waals surface area contributed by atoms with E-state index in [0.717, 1.165) is 0 Å². The van der Waals surface area contributed by atoms with Gasteiger partial charge in [-0.3, -0.25) is 19.4 Å². The first-order chi connectivity index (χ1) is 11.1.